The molecule has 19 heavy (non-hydrogen) atoms. The molecule has 0 aliphatic carbocycles. The Kier molecular flexibility index (Phi) is 7.34. The Morgan fingerprint density at radius 3 is 2.58 bits per heavy atom. The van der Waals surface area contributed by atoms with Crippen molar-refractivity contribution in [2.45, 2.75) is 39.8 Å². The van der Waals surface area contributed by atoms with Crippen LogP contribution >= 0.6 is 11.3 Å². The van der Waals surface area contributed by atoms with Crippen molar-refractivity contribution in [3.05, 3.63) is 11.1 Å². The zero-order valence-corrected chi connectivity index (χ0v) is 13.8. The van der Waals surface area contributed by atoms with Gasteiger partial charge in [-0.2, -0.15) is 0 Å². The highest BCUT2D eigenvalue weighted by Gasteiger charge is 2.10. The minimum atomic E-state index is 0.519. The zero-order valence-electron chi connectivity index (χ0n) is 12.9. The lowest BCUT2D eigenvalue weighted by Crippen LogP contribution is -2.32. The van der Waals surface area contributed by atoms with Crippen LogP contribution in [0.4, 0.5) is 5.13 Å². The van der Waals surface area contributed by atoms with Gasteiger partial charge in [0.25, 0.3) is 0 Å². The monoisotopic (exact) mass is 284 g/mol. The van der Waals surface area contributed by atoms with Gasteiger partial charge in [-0.3, -0.25) is 0 Å². The first-order chi connectivity index (χ1) is 9.02. The van der Waals surface area contributed by atoms with Gasteiger partial charge in [-0.15, -0.1) is 11.3 Å². The van der Waals surface area contributed by atoms with Crippen LogP contribution in [-0.2, 0) is 6.54 Å². The molecule has 0 aliphatic rings. The minimum Gasteiger partial charge on any atom is -0.347 e. The highest BCUT2D eigenvalue weighted by atomic mass is 32.1. The van der Waals surface area contributed by atoms with Gasteiger partial charge in [-0.25, -0.2) is 4.98 Å². The van der Waals surface area contributed by atoms with E-state index in [0.29, 0.717) is 6.04 Å². The van der Waals surface area contributed by atoms with Crippen LogP contribution in [0.3, 0.4) is 0 Å². The standard InChI is InChI=1S/C14H28N4S/c1-6-7-18(9-8-17(4)5)14-16-11-13(19-14)10-15-12(2)3/h11-12,15H,6-10H2,1-5H3. The third kappa shape index (κ3) is 6.36. The molecular weight excluding hydrogens is 256 g/mol. The molecule has 0 aliphatic heterocycles. The number of hydrogen-bond acceptors (Lipinski definition) is 5. The number of nitrogens with zero attached hydrogens (tertiary/aromatic N) is 3. The molecule has 4 nitrogen and oxygen atoms in total. The van der Waals surface area contributed by atoms with Crippen LogP contribution in [0.2, 0.25) is 0 Å². The van der Waals surface area contributed by atoms with Gasteiger partial charge in [-0.1, -0.05) is 20.8 Å². The minimum absolute atomic E-state index is 0.519. The summed E-state index contributed by atoms with van der Waals surface area (Å²) in [6, 6.07) is 0.519. The number of thiazole rings is 1. The van der Waals surface area contributed by atoms with E-state index >= 15 is 0 Å². The molecule has 1 rings (SSSR count). The molecule has 110 valence electrons. The van der Waals surface area contributed by atoms with E-state index in [9.17, 15) is 0 Å². The summed E-state index contributed by atoms with van der Waals surface area (Å²) in [6.07, 6.45) is 3.17. The van der Waals surface area contributed by atoms with Gasteiger partial charge in [0.05, 0.1) is 0 Å². The Bertz CT molecular complexity index is 349. The Hall–Kier alpha value is -0.650. The van der Waals surface area contributed by atoms with Gasteiger partial charge in [-0.05, 0) is 20.5 Å². The Balaban J connectivity index is 2.58. The number of rotatable bonds is 9. The molecule has 0 saturated heterocycles. The fraction of sp³-hybridized carbons (Fsp3) is 0.786. The Morgan fingerprint density at radius 1 is 1.26 bits per heavy atom. The van der Waals surface area contributed by atoms with E-state index < -0.39 is 0 Å². The Labute approximate surface area is 121 Å². The zero-order chi connectivity index (χ0) is 14.3. The Morgan fingerprint density at radius 2 is 2.00 bits per heavy atom. The number of hydrogen-bond donors (Lipinski definition) is 1. The summed E-state index contributed by atoms with van der Waals surface area (Å²) in [5.41, 5.74) is 0. The van der Waals surface area contributed by atoms with E-state index in [1.54, 1.807) is 0 Å². The summed E-state index contributed by atoms with van der Waals surface area (Å²) >= 11 is 1.81. The second-order valence-corrected chi connectivity index (χ2v) is 6.53. The van der Waals surface area contributed by atoms with E-state index in [0.717, 1.165) is 37.7 Å². The van der Waals surface area contributed by atoms with Gasteiger partial charge in [0.15, 0.2) is 5.13 Å². The van der Waals surface area contributed by atoms with Gasteiger partial charge in [0.1, 0.15) is 0 Å². The molecule has 0 unspecified atom stereocenters. The van der Waals surface area contributed by atoms with Gasteiger partial charge in [0.2, 0.25) is 0 Å². The molecule has 0 spiro atoms. The summed E-state index contributed by atoms with van der Waals surface area (Å²) < 4.78 is 0. The number of aromatic nitrogens is 1. The van der Waals surface area contributed by atoms with E-state index in [1.807, 2.05) is 17.5 Å². The highest BCUT2D eigenvalue weighted by Crippen LogP contribution is 2.22. The second-order valence-electron chi connectivity index (χ2n) is 5.44. The normalized spacial score (nSPS) is 11.5. The molecule has 1 aromatic heterocycles. The molecule has 0 aromatic carbocycles. The maximum Gasteiger partial charge on any atom is 0.185 e. The lowest BCUT2D eigenvalue weighted by Gasteiger charge is -2.23. The first-order valence-electron chi connectivity index (χ1n) is 7.10. The molecule has 0 atom stereocenters. The predicted octanol–water partition coefficient (Wildman–Crippen LogP) is 2.42. The molecule has 0 radical (unpaired) electrons. The molecule has 1 N–H and O–H groups in total. The topological polar surface area (TPSA) is 31.4 Å². The molecular formula is C14H28N4S. The molecule has 0 amide bonds. The first kappa shape index (κ1) is 16.4. The maximum atomic E-state index is 4.58. The number of likely N-dealkylation sites (N-methyl/N-ethyl adjacent to an activating group) is 1. The third-order valence-electron chi connectivity index (χ3n) is 2.81. The first-order valence-corrected chi connectivity index (χ1v) is 7.92. The van der Waals surface area contributed by atoms with Crippen LogP contribution in [0, 0.1) is 0 Å². The van der Waals surface area contributed by atoms with E-state index in [4.69, 9.17) is 0 Å². The third-order valence-corrected chi connectivity index (χ3v) is 3.87. The van der Waals surface area contributed by atoms with Crippen LogP contribution in [-0.4, -0.2) is 49.7 Å². The van der Waals surface area contributed by atoms with Crippen molar-refractivity contribution >= 4 is 16.5 Å². The second kappa shape index (κ2) is 8.51. The summed E-state index contributed by atoms with van der Waals surface area (Å²) in [6.45, 7) is 10.7. The van der Waals surface area contributed by atoms with Crippen molar-refractivity contribution in [1.29, 1.82) is 0 Å². The average Bonchev–Trinajstić information content (AvgIpc) is 2.80. The highest BCUT2D eigenvalue weighted by molar-refractivity contribution is 7.15. The maximum absolute atomic E-state index is 4.58. The lowest BCUT2D eigenvalue weighted by molar-refractivity contribution is 0.413. The van der Waals surface area contributed by atoms with Crippen molar-refractivity contribution in [3.8, 4) is 0 Å². The summed E-state index contributed by atoms with van der Waals surface area (Å²) in [4.78, 5) is 10.5. The molecule has 0 fully saturated rings. The lowest BCUT2D eigenvalue weighted by atomic mass is 10.4. The molecule has 5 heteroatoms. The predicted molar refractivity (Wildman–Crippen MR) is 85.1 cm³/mol. The van der Waals surface area contributed by atoms with Crippen molar-refractivity contribution < 1.29 is 0 Å². The van der Waals surface area contributed by atoms with Gasteiger partial charge in [0, 0.05) is 43.3 Å². The SMILES string of the molecule is CCCN(CCN(C)C)c1ncc(CNC(C)C)s1. The van der Waals surface area contributed by atoms with Crippen LogP contribution < -0.4 is 10.2 Å². The van der Waals surface area contributed by atoms with E-state index in [-0.39, 0.29) is 0 Å². The summed E-state index contributed by atoms with van der Waals surface area (Å²) in [5.74, 6) is 0. The van der Waals surface area contributed by atoms with E-state index in [2.05, 4.69) is 55.0 Å². The van der Waals surface area contributed by atoms with Gasteiger partial charge < -0.3 is 15.1 Å². The molecule has 1 aromatic rings. The van der Waals surface area contributed by atoms with Crippen molar-refractivity contribution in [3.63, 3.8) is 0 Å². The molecule has 0 saturated carbocycles. The summed E-state index contributed by atoms with van der Waals surface area (Å²) in [7, 11) is 4.23. The summed E-state index contributed by atoms with van der Waals surface area (Å²) in [5, 5.41) is 4.60. The smallest absolute Gasteiger partial charge is 0.185 e. The van der Waals surface area contributed by atoms with Crippen molar-refractivity contribution in [1.82, 2.24) is 15.2 Å². The molecule has 1 heterocycles. The van der Waals surface area contributed by atoms with Gasteiger partial charge >= 0.3 is 0 Å². The van der Waals surface area contributed by atoms with E-state index in [1.165, 1.54) is 4.88 Å². The largest absolute Gasteiger partial charge is 0.347 e. The number of nitrogens with one attached hydrogen (secondary N) is 1. The number of anilines is 1. The van der Waals surface area contributed by atoms with Crippen LogP contribution in [0.1, 0.15) is 32.1 Å². The van der Waals surface area contributed by atoms with Crippen molar-refractivity contribution in [2.75, 3.05) is 38.6 Å². The van der Waals surface area contributed by atoms with Crippen LogP contribution in [0.15, 0.2) is 6.20 Å². The average molecular weight is 284 g/mol. The van der Waals surface area contributed by atoms with Crippen LogP contribution in [0.5, 0.6) is 0 Å². The quantitative estimate of drug-likeness (QED) is 0.754. The molecule has 0 bridgehead atoms. The fourth-order valence-corrected chi connectivity index (χ4v) is 2.64. The van der Waals surface area contributed by atoms with Crippen molar-refractivity contribution in [2.24, 2.45) is 0 Å². The van der Waals surface area contributed by atoms with Crippen LogP contribution in [0.25, 0.3) is 0 Å². The fourth-order valence-electron chi connectivity index (χ4n) is 1.72.